The van der Waals surface area contributed by atoms with E-state index in [4.69, 9.17) is 9.84 Å². The van der Waals surface area contributed by atoms with E-state index >= 15 is 0 Å². The van der Waals surface area contributed by atoms with E-state index in [2.05, 4.69) is 16.5 Å². The predicted octanol–water partition coefficient (Wildman–Crippen LogP) is 5.27. The summed E-state index contributed by atoms with van der Waals surface area (Å²) < 4.78 is 7.82. The van der Waals surface area contributed by atoms with Crippen LogP contribution < -0.4 is 4.74 Å². The summed E-state index contributed by atoms with van der Waals surface area (Å²) in [6, 6.07) is 17.6. The highest BCUT2D eigenvalue weighted by Crippen LogP contribution is 2.32. The Morgan fingerprint density at radius 1 is 1.09 bits per heavy atom. The fraction of sp³-hybridized carbons (Fsp3) is 0.231. The quantitative estimate of drug-likeness (QED) is 0.395. The first kappa shape index (κ1) is 22.2. The predicted molar refractivity (Wildman–Crippen MR) is 129 cm³/mol. The molecular weight excluding hydrogens is 414 g/mol. The summed E-state index contributed by atoms with van der Waals surface area (Å²) in [5.74, 6) is 1.49. The Bertz CT molecular complexity index is 1230. The van der Waals surface area contributed by atoms with Gasteiger partial charge in [0, 0.05) is 24.8 Å². The topological polar surface area (TPSA) is 73.1 Å². The summed E-state index contributed by atoms with van der Waals surface area (Å²) in [4.78, 5) is 22.5. The van der Waals surface area contributed by atoms with Crippen LogP contribution in [0.25, 0.3) is 22.3 Å². The van der Waals surface area contributed by atoms with Gasteiger partial charge in [0.05, 0.1) is 11.4 Å². The molecule has 33 heavy (non-hydrogen) atoms. The molecule has 0 bridgehead atoms. The fourth-order valence-corrected chi connectivity index (χ4v) is 3.93. The molecule has 1 amide bonds. The van der Waals surface area contributed by atoms with E-state index in [1.165, 1.54) is 12.4 Å². The summed E-state index contributed by atoms with van der Waals surface area (Å²) >= 11 is 0. The Morgan fingerprint density at radius 2 is 1.82 bits per heavy atom. The molecule has 0 N–H and O–H groups in total. The van der Waals surface area contributed by atoms with Crippen LogP contribution in [0.2, 0.25) is 0 Å². The summed E-state index contributed by atoms with van der Waals surface area (Å²) in [7, 11) is 0. The zero-order valence-electron chi connectivity index (χ0n) is 18.9. The summed E-state index contributed by atoms with van der Waals surface area (Å²) in [6.45, 7) is 8.86. The number of ether oxygens (including phenoxy) is 1. The molecule has 3 heterocycles. The largest absolute Gasteiger partial charge is 0.457 e. The number of likely N-dealkylation sites (tertiary alicyclic amines) is 1. The lowest BCUT2D eigenvalue weighted by atomic mass is 10.1. The number of amides is 1. The Labute approximate surface area is 193 Å². The molecule has 1 aliphatic heterocycles. The first-order valence-corrected chi connectivity index (χ1v) is 11.2. The third-order valence-corrected chi connectivity index (χ3v) is 5.47. The van der Waals surface area contributed by atoms with Gasteiger partial charge in [0.15, 0.2) is 5.65 Å². The standard InChI is InChI=1S/C24H21N5O2.C2H6/c1-2-22(30)28-13-12-18(15-28)29-24-21(14-25-16-26-24)23(27-29)17-8-10-20(11-9-17)31-19-6-4-3-5-7-19;1-2/h2-11,14,16,18H,1,12-13,15H2;1-2H3. The second-order valence-electron chi connectivity index (χ2n) is 7.42. The van der Waals surface area contributed by atoms with Gasteiger partial charge < -0.3 is 9.64 Å². The minimum Gasteiger partial charge on any atom is -0.457 e. The van der Waals surface area contributed by atoms with Gasteiger partial charge in [0.2, 0.25) is 5.91 Å². The monoisotopic (exact) mass is 441 g/mol. The van der Waals surface area contributed by atoms with Crippen molar-refractivity contribution >= 4 is 16.9 Å². The minimum absolute atomic E-state index is 0.0529. The van der Waals surface area contributed by atoms with Crippen molar-refractivity contribution in [2.24, 2.45) is 0 Å². The van der Waals surface area contributed by atoms with Crippen LogP contribution in [0.4, 0.5) is 0 Å². The third-order valence-electron chi connectivity index (χ3n) is 5.47. The van der Waals surface area contributed by atoms with Crippen molar-refractivity contribution in [2.45, 2.75) is 26.3 Å². The van der Waals surface area contributed by atoms with Crippen LogP contribution in [0.3, 0.4) is 0 Å². The molecule has 1 atom stereocenters. The number of carbonyl (C=O) groups excluding carboxylic acids is 1. The Hall–Kier alpha value is -4.00. The van der Waals surface area contributed by atoms with Crippen molar-refractivity contribution in [2.75, 3.05) is 13.1 Å². The highest BCUT2D eigenvalue weighted by molar-refractivity contribution is 5.91. The van der Waals surface area contributed by atoms with E-state index in [1.54, 1.807) is 11.1 Å². The molecule has 168 valence electrons. The van der Waals surface area contributed by atoms with Gasteiger partial charge in [-0.15, -0.1) is 0 Å². The molecule has 0 saturated carbocycles. The number of benzene rings is 2. The third kappa shape index (κ3) is 4.62. The second kappa shape index (κ2) is 10.1. The van der Waals surface area contributed by atoms with E-state index in [9.17, 15) is 4.79 Å². The molecular formula is C26H27N5O2. The fourth-order valence-electron chi connectivity index (χ4n) is 3.93. The van der Waals surface area contributed by atoms with Crippen molar-refractivity contribution in [1.29, 1.82) is 0 Å². The van der Waals surface area contributed by atoms with Crippen molar-refractivity contribution in [3.8, 4) is 22.8 Å². The van der Waals surface area contributed by atoms with Crippen LogP contribution in [0.5, 0.6) is 11.5 Å². The van der Waals surface area contributed by atoms with Gasteiger partial charge in [-0.1, -0.05) is 38.6 Å². The maximum Gasteiger partial charge on any atom is 0.246 e. The second-order valence-corrected chi connectivity index (χ2v) is 7.42. The molecule has 0 radical (unpaired) electrons. The summed E-state index contributed by atoms with van der Waals surface area (Å²) in [5.41, 5.74) is 2.54. The number of carbonyl (C=O) groups is 1. The molecule has 7 heteroatoms. The highest BCUT2D eigenvalue weighted by atomic mass is 16.5. The molecule has 1 fully saturated rings. The molecule has 4 aromatic rings. The smallest absolute Gasteiger partial charge is 0.246 e. The van der Waals surface area contributed by atoms with Crippen molar-refractivity contribution in [3.05, 3.63) is 79.8 Å². The van der Waals surface area contributed by atoms with Gasteiger partial charge in [-0.25, -0.2) is 14.6 Å². The number of nitrogens with zero attached hydrogens (tertiary/aromatic N) is 5. The van der Waals surface area contributed by atoms with Crippen LogP contribution in [-0.4, -0.2) is 43.6 Å². The zero-order chi connectivity index (χ0) is 23.2. The maximum atomic E-state index is 12.0. The van der Waals surface area contributed by atoms with E-state index in [-0.39, 0.29) is 11.9 Å². The van der Waals surface area contributed by atoms with Gasteiger partial charge >= 0.3 is 0 Å². The van der Waals surface area contributed by atoms with Crippen molar-refractivity contribution < 1.29 is 9.53 Å². The van der Waals surface area contributed by atoms with E-state index in [0.29, 0.717) is 13.1 Å². The lowest BCUT2D eigenvalue weighted by Gasteiger charge is -2.14. The lowest BCUT2D eigenvalue weighted by molar-refractivity contribution is -0.125. The molecule has 7 nitrogen and oxygen atoms in total. The normalized spacial score (nSPS) is 15.1. The number of fused-ring (bicyclic) bond motifs is 1. The molecule has 0 spiro atoms. The van der Waals surface area contributed by atoms with Gasteiger partial charge in [0.25, 0.3) is 0 Å². The van der Waals surface area contributed by atoms with Gasteiger partial charge in [-0.05, 0) is 48.9 Å². The Balaban J connectivity index is 0.00000126. The van der Waals surface area contributed by atoms with Crippen LogP contribution >= 0.6 is 0 Å². The Morgan fingerprint density at radius 3 is 2.55 bits per heavy atom. The molecule has 0 aliphatic carbocycles. The molecule has 5 rings (SSSR count). The molecule has 2 aromatic carbocycles. The van der Waals surface area contributed by atoms with E-state index in [1.807, 2.05) is 73.1 Å². The van der Waals surface area contributed by atoms with E-state index < -0.39 is 0 Å². The molecule has 2 aromatic heterocycles. The maximum absolute atomic E-state index is 12.0. The average molecular weight is 442 g/mol. The number of rotatable bonds is 5. The minimum atomic E-state index is -0.0529. The number of aromatic nitrogens is 4. The number of hydrogen-bond donors (Lipinski definition) is 0. The van der Waals surface area contributed by atoms with Crippen LogP contribution in [0.1, 0.15) is 26.3 Å². The number of para-hydroxylation sites is 1. The van der Waals surface area contributed by atoms with E-state index in [0.717, 1.165) is 40.2 Å². The van der Waals surface area contributed by atoms with Crippen molar-refractivity contribution in [3.63, 3.8) is 0 Å². The zero-order valence-corrected chi connectivity index (χ0v) is 18.9. The summed E-state index contributed by atoms with van der Waals surface area (Å²) in [5, 5.41) is 5.77. The SMILES string of the molecule is C=CC(=O)N1CCC(n2nc(-c3ccc(Oc4ccccc4)cc3)c3cncnc32)C1.CC. The average Bonchev–Trinajstić information content (AvgIpc) is 3.51. The Kier molecular flexibility index (Phi) is 6.78. The van der Waals surface area contributed by atoms with Gasteiger partial charge in [-0.3, -0.25) is 4.79 Å². The highest BCUT2D eigenvalue weighted by Gasteiger charge is 2.29. The first-order valence-electron chi connectivity index (χ1n) is 11.2. The summed E-state index contributed by atoms with van der Waals surface area (Å²) in [6.07, 6.45) is 5.50. The molecule has 1 saturated heterocycles. The van der Waals surface area contributed by atoms with Crippen LogP contribution in [-0.2, 0) is 4.79 Å². The van der Waals surface area contributed by atoms with Crippen molar-refractivity contribution in [1.82, 2.24) is 24.6 Å². The lowest BCUT2D eigenvalue weighted by Crippen LogP contribution is -2.27. The van der Waals surface area contributed by atoms with Crippen LogP contribution in [0.15, 0.2) is 79.8 Å². The van der Waals surface area contributed by atoms with Gasteiger partial charge in [-0.2, -0.15) is 5.10 Å². The van der Waals surface area contributed by atoms with Gasteiger partial charge in [0.1, 0.15) is 23.5 Å². The van der Waals surface area contributed by atoms with Crippen LogP contribution in [0, 0.1) is 0 Å². The molecule has 1 aliphatic rings. The first-order chi connectivity index (χ1) is 16.2. The molecule has 1 unspecified atom stereocenters. The number of hydrogen-bond acceptors (Lipinski definition) is 5.